The van der Waals surface area contributed by atoms with Gasteiger partial charge in [0.15, 0.2) is 0 Å². The van der Waals surface area contributed by atoms with Gasteiger partial charge < -0.3 is 15.3 Å². The van der Waals surface area contributed by atoms with Gasteiger partial charge in [-0.05, 0) is 68.0 Å². The molecule has 1 saturated carbocycles. The van der Waals surface area contributed by atoms with Crippen LogP contribution in [-0.4, -0.2) is 36.6 Å². The number of halogens is 1. The van der Waals surface area contributed by atoms with Gasteiger partial charge in [0.1, 0.15) is 12.7 Å². The zero-order chi connectivity index (χ0) is 19.3. The molecular formula is C22H33ClN2O2. The number of nitrogens with zero attached hydrogens (tertiary/aromatic N) is 1. The molecule has 2 rings (SSSR count). The lowest BCUT2D eigenvalue weighted by atomic mass is 9.91. The molecule has 0 unspecified atom stereocenters. The zero-order valence-electron chi connectivity index (χ0n) is 16.4. The van der Waals surface area contributed by atoms with E-state index in [1.54, 1.807) is 0 Å². The van der Waals surface area contributed by atoms with Crippen LogP contribution >= 0.6 is 11.6 Å². The van der Waals surface area contributed by atoms with Crippen LogP contribution in [0.5, 0.6) is 0 Å². The molecule has 150 valence electrons. The molecule has 4 nitrogen and oxygen atoms in total. The molecule has 1 aromatic carbocycles. The van der Waals surface area contributed by atoms with Crippen LogP contribution in [0.15, 0.2) is 35.0 Å². The first kappa shape index (κ1) is 21.9. The van der Waals surface area contributed by atoms with Crippen molar-refractivity contribution in [2.45, 2.75) is 64.4 Å². The van der Waals surface area contributed by atoms with Gasteiger partial charge in [-0.1, -0.05) is 55.1 Å². The number of hydrogen-bond acceptors (Lipinski definition) is 4. The first-order valence-corrected chi connectivity index (χ1v) is 10.6. The van der Waals surface area contributed by atoms with Crippen LogP contribution in [0, 0.1) is 0 Å². The Morgan fingerprint density at radius 1 is 1.19 bits per heavy atom. The third-order valence-corrected chi connectivity index (χ3v) is 4.97. The number of oxime groups is 1. The molecule has 0 aromatic heterocycles. The first-order chi connectivity index (χ1) is 13.2. The second-order valence-electron chi connectivity index (χ2n) is 7.18. The fourth-order valence-corrected chi connectivity index (χ4v) is 3.26. The van der Waals surface area contributed by atoms with Crippen LogP contribution in [0.3, 0.4) is 0 Å². The molecule has 0 bridgehead atoms. The molecule has 0 radical (unpaired) electrons. The standard InChI is InChI=1S/C22H33ClN2O2/c1-2-3-4-7-14-24-16-21(26)17-27-25-22-9-6-5-8-19(22)15-18-10-12-20(23)13-11-18/h10-13,15,21,24,26H,2-9,14,16-17H2,1H3/b19-15+,25-22+/t21-/m1/s1. The van der Waals surface area contributed by atoms with Gasteiger partial charge in [-0.15, -0.1) is 0 Å². The average molecular weight is 393 g/mol. The van der Waals surface area contributed by atoms with Gasteiger partial charge in [0.25, 0.3) is 0 Å². The summed E-state index contributed by atoms with van der Waals surface area (Å²) in [5.74, 6) is 0. The fourth-order valence-electron chi connectivity index (χ4n) is 3.14. The van der Waals surface area contributed by atoms with E-state index in [9.17, 15) is 5.11 Å². The van der Waals surface area contributed by atoms with E-state index < -0.39 is 6.10 Å². The van der Waals surface area contributed by atoms with Crippen LogP contribution in [-0.2, 0) is 4.84 Å². The Kier molecular flexibility index (Phi) is 10.5. The highest BCUT2D eigenvalue weighted by Crippen LogP contribution is 2.24. The van der Waals surface area contributed by atoms with Crippen LogP contribution < -0.4 is 5.32 Å². The maximum atomic E-state index is 10.0. The molecule has 1 aliphatic rings. The van der Waals surface area contributed by atoms with Crippen LogP contribution in [0.1, 0.15) is 63.9 Å². The van der Waals surface area contributed by atoms with Gasteiger partial charge >= 0.3 is 0 Å². The summed E-state index contributed by atoms with van der Waals surface area (Å²) in [6.07, 6.45) is 10.8. The number of rotatable bonds is 11. The SMILES string of the molecule is CCCCCCNC[C@@H](O)CO/N=C1\CCCC\C1=C/c1ccc(Cl)cc1. The number of aliphatic hydroxyl groups excluding tert-OH is 1. The van der Waals surface area contributed by atoms with Gasteiger partial charge in [-0.25, -0.2) is 0 Å². The highest BCUT2D eigenvalue weighted by Gasteiger charge is 2.14. The van der Waals surface area contributed by atoms with Crippen LogP contribution in [0.4, 0.5) is 0 Å². The van der Waals surface area contributed by atoms with E-state index in [1.807, 2.05) is 24.3 Å². The summed E-state index contributed by atoms with van der Waals surface area (Å²) in [4.78, 5) is 5.45. The summed E-state index contributed by atoms with van der Waals surface area (Å²) in [5, 5.41) is 18.4. The summed E-state index contributed by atoms with van der Waals surface area (Å²) in [5.41, 5.74) is 3.33. The quantitative estimate of drug-likeness (QED) is 0.402. The number of unbranched alkanes of at least 4 members (excludes halogenated alkanes) is 3. The first-order valence-electron chi connectivity index (χ1n) is 10.2. The van der Waals surface area contributed by atoms with E-state index in [-0.39, 0.29) is 6.61 Å². The van der Waals surface area contributed by atoms with E-state index in [4.69, 9.17) is 16.4 Å². The van der Waals surface area contributed by atoms with Crippen molar-refractivity contribution in [2.24, 2.45) is 5.16 Å². The molecule has 1 aromatic rings. The summed E-state index contributed by atoms with van der Waals surface area (Å²) < 4.78 is 0. The van der Waals surface area contributed by atoms with E-state index in [0.717, 1.165) is 48.5 Å². The van der Waals surface area contributed by atoms with Gasteiger partial charge in [-0.2, -0.15) is 0 Å². The molecule has 1 aliphatic carbocycles. The molecule has 0 aliphatic heterocycles. The molecule has 1 fully saturated rings. The van der Waals surface area contributed by atoms with E-state index >= 15 is 0 Å². The lowest BCUT2D eigenvalue weighted by molar-refractivity contribution is 0.0401. The third kappa shape index (κ3) is 8.91. The molecule has 0 amide bonds. The van der Waals surface area contributed by atoms with Gasteiger partial charge in [0, 0.05) is 11.6 Å². The largest absolute Gasteiger partial charge is 0.393 e. The highest BCUT2D eigenvalue weighted by atomic mass is 35.5. The molecule has 0 spiro atoms. The number of aliphatic hydroxyl groups is 1. The van der Waals surface area contributed by atoms with Crippen molar-refractivity contribution in [3.05, 3.63) is 40.4 Å². The molecular weight excluding hydrogens is 360 g/mol. The Bertz CT molecular complexity index is 599. The zero-order valence-corrected chi connectivity index (χ0v) is 17.2. The predicted molar refractivity (Wildman–Crippen MR) is 114 cm³/mol. The van der Waals surface area contributed by atoms with E-state index in [1.165, 1.54) is 31.3 Å². The Balaban J connectivity index is 1.77. The summed E-state index contributed by atoms with van der Waals surface area (Å²) in [6.45, 7) is 3.92. The van der Waals surface area contributed by atoms with Gasteiger partial charge in [-0.3, -0.25) is 0 Å². The Hall–Kier alpha value is -1.36. The minimum Gasteiger partial charge on any atom is -0.393 e. The van der Waals surface area contributed by atoms with Gasteiger partial charge in [0.05, 0.1) is 5.71 Å². The Labute approximate surface area is 168 Å². The third-order valence-electron chi connectivity index (χ3n) is 4.72. The molecule has 0 heterocycles. The fraction of sp³-hybridized carbons (Fsp3) is 0.591. The van der Waals surface area contributed by atoms with E-state index in [2.05, 4.69) is 23.5 Å². The number of allylic oxidation sites excluding steroid dienone is 1. The van der Waals surface area contributed by atoms with Crippen molar-refractivity contribution >= 4 is 23.4 Å². The smallest absolute Gasteiger partial charge is 0.144 e. The Morgan fingerprint density at radius 3 is 2.74 bits per heavy atom. The molecule has 2 N–H and O–H groups in total. The molecule has 5 heteroatoms. The summed E-state index contributed by atoms with van der Waals surface area (Å²) in [6, 6.07) is 7.82. The minimum absolute atomic E-state index is 0.222. The highest BCUT2D eigenvalue weighted by molar-refractivity contribution is 6.30. The maximum absolute atomic E-state index is 10.0. The Morgan fingerprint density at radius 2 is 1.96 bits per heavy atom. The second kappa shape index (κ2) is 12.9. The van der Waals surface area contributed by atoms with Crippen molar-refractivity contribution in [2.75, 3.05) is 19.7 Å². The lowest BCUT2D eigenvalue weighted by Gasteiger charge is -2.17. The van der Waals surface area contributed by atoms with Gasteiger partial charge in [0.2, 0.25) is 0 Å². The average Bonchev–Trinajstić information content (AvgIpc) is 2.68. The second-order valence-corrected chi connectivity index (χ2v) is 7.62. The van der Waals surface area contributed by atoms with Crippen molar-refractivity contribution in [3.63, 3.8) is 0 Å². The number of benzene rings is 1. The topological polar surface area (TPSA) is 53.8 Å². The van der Waals surface area contributed by atoms with Crippen molar-refractivity contribution in [1.82, 2.24) is 5.32 Å². The molecule has 1 atom stereocenters. The van der Waals surface area contributed by atoms with Crippen molar-refractivity contribution in [3.8, 4) is 0 Å². The predicted octanol–water partition coefficient (Wildman–Crippen LogP) is 5.20. The lowest BCUT2D eigenvalue weighted by Crippen LogP contribution is -2.30. The number of hydrogen-bond donors (Lipinski definition) is 2. The maximum Gasteiger partial charge on any atom is 0.144 e. The summed E-state index contributed by atoms with van der Waals surface area (Å²) >= 11 is 5.96. The van der Waals surface area contributed by atoms with Crippen molar-refractivity contribution < 1.29 is 9.94 Å². The minimum atomic E-state index is -0.534. The normalized spacial score (nSPS) is 18.8. The van der Waals surface area contributed by atoms with Crippen molar-refractivity contribution in [1.29, 1.82) is 0 Å². The number of nitrogens with one attached hydrogen (secondary N) is 1. The van der Waals surface area contributed by atoms with E-state index in [0.29, 0.717) is 6.54 Å². The van der Waals surface area contributed by atoms with Crippen LogP contribution in [0.2, 0.25) is 5.02 Å². The van der Waals surface area contributed by atoms with Crippen LogP contribution in [0.25, 0.3) is 6.08 Å². The monoisotopic (exact) mass is 392 g/mol. The molecule has 0 saturated heterocycles. The molecule has 27 heavy (non-hydrogen) atoms. The summed E-state index contributed by atoms with van der Waals surface area (Å²) in [7, 11) is 0.